The summed E-state index contributed by atoms with van der Waals surface area (Å²) in [6.45, 7) is 8.64. The van der Waals surface area contributed by atoms with Gasteiger partial charge in [-0.3, -0.25) is 9.59 Å². The maximum absolute atomic E-state index is 12.2. The van der Waals surface area contributed by atoms with E-state index in [0.29, 0.717) is 32.5 Å². The fraction of sp³-hybridized carbons (Fsp3) is 0.938. The van der Waals surface area contributed by atoms with Gasteiger partial charge < -0.3 is 21.3 Å². The highest BCUT2D eigenvalue weighted by Gasteiger charge is 2.10. The lowest BCUT2D eigenvalue weighted by Gasteiger charge is -2.21. The first-order valence-electron chi connectivity index (χ1n) is 16.6. The van der Waals surface area contributed by atoms with Crippen LogP contribution in [0, 0.1) is 0 Å². The van der Waals surface area contributed by atoms with Crippen molar-refractivity contribution in [1.29, 1.82) is 0 Å². The number of carbonyl (C=O) groups excluding carboxylic acids is 2. The average Bonchev–Trinajstić information content (AvgIpc) is 2.91. The molecular weight excluding hydrogens is 472 g/mol. The van der Waals surface area contributed by atoms with Crippen molar-refractivity contribution in [2.24, 2.45) is 5.73 Å². The van der Waals surface area contributed by atoms with Gasteiger partial charge in [0.15, 0.2) is 0 Å². The van der Waals surface area contributed by atoms with E-state index in [2.05, 4.69) is 29.4 Å². The van der Waals surface area contributed by atoms with Gasteiger partial charge in [-0.1, -0.05) is 129 Å². The summed E-state index contributed by atoms with van der Waals surface area (Å²) in [7, 11) is 0. The molecule has 0 unspecified atom stereocenters. The van der Waals surface area contributed by atoms with Crippen LogP contribution in [0.25, 0.3) is 0 Å². The number of rotatable bonds is 30. The van der Waals surface area contributed by atoms with Crippen LogP contribution in [0.1, 0.15) is 155 Å². The number of unbranched alkanes of at least 4 members (excludes halogenated alkanes) is 18. The Hall–Kier alpha value is -1.14. The third-order valence-electron chi connectivity index (χ3n) is 7.46. The van der Waals surface area contributed by atoms with E-state index in [1.807, 2.05) is 0 Å². The fourth-order valence-electron chi connectivity index (χ4n) is 4.89. The van der Waals surface area contributed by atoms with Gasteiger partial charge in [0.1, 0.15) is 0 Å². The highest BCUT2D eigenvalue weighted by atomic mass is 16.2. The summed E-state index contributed by atoms with van der Waals surface area (Å²) in [5, 5.41) is 6.12. The van der Waals surface area contributed by atoms with E-state index in [1.165, 1.54) is 116 Å². The lowest BCUT2D eigenvalue weighted by molar-refractivity contribution is -0.121. The minimum Gasteiger partial charge on any atom is -0.356 e. The number of hydrogen-bond donors (Lipinski definition) is 3. The lowest BCUT2D eigenvalue weighted by Crippen LogP contribution is -2.37. The largest absolute Gasteiger partial charge is 0.356 e. The molecule has 4 N–H and O–H groups in total. The van der Waals surface area contributed by atoms with E-state index >= 15 is 0 Å². The van der Waals surface area contributed by atoms with Gasteiger partial charge in [0.05, 0.1) is 0 Å². The summed E-state index contributed by atoms with van der Waals surface area (Å²) in [5.41, 5.74) is 5.76. The molecule has 0 aromatic carbocycles. The Balaban J connectivity index is 3.66. The van der Waals surface area contributed by atoms with Crippen molar-refractivity contribution >= 4 is 11.8 Å². The Morgan fingerprint density at radius 3 is 1.13 bits per heavy atom. The number of nitrogens with one attached hydrogen (secondary N) is 2. The number of nitrogens with zero attached hydrogens (tertiary/aromatic N) is 1. The van der Waals surface area contributed by atoms with Crippen molar-refractivity contribution in [3.8, 4) is 0 Å². The normalized spacial score (nSPS) is 11.3. The van der Waals surface area contributed by atoms with Gasteiger partial charge in [-0.05, 0) is 12.8 Å². The molecule has 0 aliphatic carbocycles. The Morgan fingerprint density at radius 2 is 0.816 bits per heavy atom. The summed E-state index contributed by atoms with van der Waals surface area (Å²) < 4.78 is 0. The summed E-state index contributed by atoms with van der Waals surface area (Å²) in [5.74, 6) is 0.210. The molecule has 0 saturated carbocycles. The monoisotopic (exact) mass is 539 g/mol. The first-order chi connectivity index (χ1) is 18.6. The van der Waals surface area contributed by atoms with E-state index in [0.717, 1.165) is 32.5 Å². The standard InChI is InChI=1S/C32H66N4O2/c1-3-5-7-9-11-13-15-17-19-21-26-34-31(37)23-28-36(30-25-33)29-24-32(38)35-27-22-20-18-16-14-12-10-8-6-4-2/h3-30,33H2,1-2H3,(H,34,37)(H,35,38). The molecule has 0 spiro atoms. The molecule has 0 fully saturated rings. The van der Waals surface area contributed by atoms with Gasteiger partial charge in [0, 0.05) is 52.1 Å². The zero-order valence-corrected chi connectivity index (χ0v) is 25.6. The molecule has 2 amide bonds. The number of carbonyl (C=O) groups is 2. The molecule has 0 aromatic rings. The van der Waals surface area contributed by atoms with Crippen LogP contribution < -0.4 is 16.4 Å². The number of nitrogens with two attached hydrogens (primary N) is 1. The van der Waals surface area contributed by atoms with Crippen LogP contribution in [0.4, 0.5) is 0 Å². The Morgan fingerprint density at radius 1 is 0.500 bits per heavy atom. The molecule has 0 saturated heterocycles. The molecular formula is C32H66N4O2. The second-order valence-corrected chi connectivity index (χ2v) is 11.2. The van der Waals surface area contributed by atoms with Gasteiger partial charge in [-0.25, -0.2) is 0 Å². The smallest absolute Gasteiger partial charge is 0.221 e. The highest BCUT2D eigenvalue weighted by molar-refractivity contribution is 5.76. The molecule has 226 valence electrons. The maximum atomic E-state index is 12.2. The Bertz CT molecular complexity index is 474. The van der Waals surface area contributed by atoms with Crippen molar-refractivity contribution in [1.82, 2.24) is 15.5 Å². The van der Waals surface area contributed by atoms with E-state index < -0.39 is 0 Å². The quantitative estimate of drug-likeness (QED) is 0.0851. The minimum absolute atomic E-state index is 0.105. The third-order valence-corrected chi connectivity index (χ3v) is 7.46. The van der Waals surface area contributed by atoms with Crippen LogP contribution in [0.15, 0.2) is 0 Å². The van der Waals surface area contributed by atoms with Gasteiger partial charge >= 0.3 is 0 Å². The van der Waals surface area contributed by atoms with Crippen molar-refractivity contribution in [3.05, 3.63) is 0 Å². The van der Waals surface area contributed by atoms with Gasteiger partial charge in [-0.2, -0.15) is 0 Å². The van der Waals surface area contributed by atoms with Crippen LogP contribution >= 0.6 is 0 Å². The van der Waals surface area contributed by atoms with E-state index in [4.69, 9.17) is 5.73 Å². The summed E-state index contributed by atoms with van der Waals surface area (Å²) >= 11 is 0. The number of amides is 2. The molecule has 0 bridgehead atoms. The SMILES string of the molecule is CCCCCCCCCCCCNC(=O)CCN(CCN)CCC(=O)NCCCCCCCCCCCC. The van der Waals surface area contributed by atoms with Crippen LogP contribution in [0.3, 0.4) is 0 Å². The molecule has 0 heterocycles. The zero-order valence-electron chi connectivity index (χ0n) is 25.6. The molecule has 0 aliphatic rings. The van der Waals surface area contributed by atoms with Crippen molar-refractivity contribution in [3.63, 3.8) is 0 Å². The summed E-state index contributed by atoms with van der Waals surface area (Å²) in [6, 6.07) is 0. The second kappa shape index (κ2) is 30.4. The minimum atomic E-state index is 0.105. The Labute approximate surface area is 237 Å². The van der Waals surface area contributed by atoms with E-state index in [9.17, 15) is 9.59 Å². The first kappa shape index (κ1) is 36.9. The van der Waals surface area contributed by atoms with Crippen LogP contribution in [-0.2, 0) is 9.59 Å². The molecule has 0 aliphatic heterocycles. The molecule has 0 rings (SSSR count). The van der Waals surface area contributed by atoms with Gasteiger partial charge in [0.25, 0.3) is 0 Å². The molecule has 0 atom stereocenters. The van der Waals surface area contributed by atoms with Gasteiger partial charge in [-0.15, -0.1) is 0 Å². The molecule has 0 radical (unpaired) electrons. The third kappa shape index (κ3) is 27.9. The predicted molar refractivity (Wildman–Crippen MR) is 164 cm³/mol. The van der Waals surface area contributed by atoms with Crippen LogP contribution in [-0.4, -0.2) is 56.0 Å². The van der Waals surface area contributed by atoms with Crippen LogP contribution in [0.2, 0.25) is 0 Å². The zero-order chi connectivity index (χ0) is 27.9. The molecule has 6 heteroatoms. The van der Waals surface area contributed by atoms with Crippen molar-refractivity contribution in [2.75, 3.05) is 39.3 Å². The molecule has 6 nitrogen and oxygen atoms in total. The van der Waals surface area contributed by atoms with Gasteiger partial charge in [0.2, 0.25) is 11.8 Å². The first-order valence-corrected chi connectivity index (χ1v) is 16.6. The Kier molecular flexibility index (Phi) is 29.5. The topological polar surface area (TPSA) is 87.5 Å². The predicted octanol–water partition coefficient (Wildman–Crippen LogP) is 7.10. The summed E-state index contributed by atoms with van der Waals surface area (Å²) in [4.78, 5) is 26.6. The number of hydrogen-bond acceptors (Lipinski definition) is 4. The second-order valence-electron chi connectivity index (χ2n) is 11.2. The molecule has 38 heavy (non-hydrogen) atoms. The van der Waals surface area contributed by atoms with E-state index in [1.54, 1.807) is 0 Å². The molecule has 0 aromatic heterocycles. The van der Waals surface area contributed by atoms with Crippen LogP contribution in [0.5, 0.6) is 0 Å². The van der Waals surface area contributed by atoms with Crippen molar-refractivity contribution < 1.29 is 9.59 Å². The lowest BCUT2D eigenvalue weighted by atomic mass is 10.1. The van der Waals surface area contributed by atoms with E-state index in [-0.39, 0.29) is 11.8 Å². The fourth-order valence-corrected chi connectivity index (χ4v) is 4.89. The summed E-state index contributed by atoms with van der Waals surface area (Å²) in [6.07, 6.45) is 27.0. The maximum Gasteiger partial charge on any atom is 0.221 e. The van der Waals surface area contributed by atoms with Crippen molar-refractivity contribution in [2.45, 2.75) is 155 Å². The average molecular weight is 539 g/mol. The highest BCUT2D eigenvalue weighted by Crippen LogP contribution is 2.11.